The van der Waals surface area contributed by atoms with Gasteiger partial charge in [-0.1, -0.05) is 20.8 Å². The summed E-state index contributed by atoms with van der Waals surface area (Å²) in [7, 11) is 0. The second-order valence-electron chi connectivity index (χ2n) is 6.52. The Kier molecular flexibility index (Phi) is 6.88. The van der Waals surface area contributed by atoms with Crippen LogP contribution < -0.4 is 5.32 Å². The molecule has 1 rings (SSSR count). The first-order valence-corrected chi connectivity index (χ1v) is 8.39. The number of nitrogens with zero attached hydrogens (tertiary/aromatic N) is 3. The van der Waals surface area contributed by atoms with Gasteiger partial charge < -0.3 is 5.32 Å². The van der Waals surface area contributed by atoms with E-state index in [4.69, 9.17) is 5.10 Å². The Labute approximate surface area is 130 Å². The van der Waals surface area contributed by atoms with Gasteiger partial charge in [0.15, 0.2) is 0 Å². The molecule has 0 aliphatic heterocycles. The average molecular weight is 294 g/mol. The standard InChI is InChI=1S/C17H34N4/c1-8-18-16(17(6,7)20(9-2)10-3)13-15-11-12-21(19-15)14(4)5/h11-12,14,16,18H,8-10,13H2,1-7H3. The van der Waals surface area contributed by atoms with Gasteiger partial charge in [-0.05, 0) is 53.4 Å². The minimum atomic E-state index is 0.112. The molecule has 0 saturated heterocycles. The van der Waals surface area contributed by atoms with Gasteiger partial charge in [0.25, 0.3) is 0 Å². The number of hydrogen-bond donors (Lipinski definition) is 1. The third-order valence-corrected chi connectivity index (χ3v) is 4.49. The van der Waals surface area contributed by atoms with Crippen molar-refractivity contribution in [3.63, 3.8) is 0 Å². The molecule has 0 bridgehead atoms. The van der Waals surface area contributed by atoms with Crippen molar-refractivity contribution >= 4 is 0 Å². The fourth-order valence-electron chi connectivity index (χ4n) is 3.06. The third-order valence-electron chi connectivity index (χ3n) is 4.49. The van der Waals surface area contributed by atoms with Crippen molar-refractivity contribution in [2.45, 2.75) is 72.5 Å². The van der Waals surface area contributed by atoms with Crippen molar-refractivity contribution in [1.29, 1.82) is 0 Å². The number of nitrogens with one attached hydrogen (secondary N) is 1. The summed E-state index contributed by atoms with van der Waals surface area (Å²) >= 11 is 0. The van der Waals surface area contributed by atoms with Crippen molar-refractivity contribution in [3.05, 3.63) is 18.0 Å². The molecule has 0 aliphatic rings. The molecule has 0 aliphatic carbocycles. The van der Waals surface area contributed by atoms with Crippen molar-refractivity contribution in [3.8, 4) is 0 Å². The Bertz CT molecular complexity index is 405. The summed E-state index contributed by atoms with van der Waals surface area (Å²) in [5, 5.41) is 8.38. The highest BCUT2D eigenvalue weighted by Gasteiger charge is 2.33. The molecule has 21 heavy (non-hydrogen) atoms. The molecule has 4 heteroatoms. The van der Waals surface area contributed by atoms with Crippen LogP contribution in [0.4, 0.5) is 0 Å². The Morgan fingerprint density at radius 2 is 1.86 bits per heavy atom. The molecule has 0 amide bonds. The van der Waals surface area contributed by atoms with E-state index in [9.17, 15) is 0 Å². The summed E-state index contributed by atoms with van der Waals surface area (Å²) in [6.45, 7) is 18.8. The summed E-state index contributed by atoms with van der Waals surface area (Å²) in [5.41, 5.74) is 1.29. The minimum absolute atomic E-state index is 0.112. The van der Waals surface area contributed by atoms with E-state index in [0.29, 0.717) is 12.1 Å². The summed E-state index contributed by atoms with van der Waals surface area (Å²) in [6.07, 6.45) is 3.06. The van der Waals surface area contributed by atoms with Crippen LogP contribution in [0.15, 0.2) is 12.3 Å². The van der Waals surface area contributed by atoms with Crippen LogP contribution in [0.5, 0.6) is 0 Å². The van der Waals surface area contributed by atoms with E-state index in [-0.39, 0.29) is 5.54 Å². The van der Waals surface area contributed by atoms with Crippen LogP contribution in [0.25, 0.3) is 0 Å². The zero-order chi connectivity index (χ0) is 16.0. The highest BCUT2D eigenvalue weighted by Crippen LogP contribution is 2.22. The third kappa shape index (κ3) is 4.55. The van der Waals surface area contributed by atoms with Gasteiger partial charge >= 0.3 is 0 Å². The van der Waals surface area contributed by atoms with Gasteiger partial charge in [0.05, 0.1) is 5.69 Å². The molecule has 1 heterocycles. The topological polar surface area (TPSA) is 33.1 Å². The zero-order valence-electron chi connectivity index (χ0n) is 15.0. The predicted octanol–water partition coefficient (Wildman–Crippen LogP) is 3.11. The molecule has 0 spiro atoms. The highest BCUT2D eigenvalue weighted by molar-refractivity contribution is 5.06. The maximum atomic E-state index is 4.71. The van der Waals surface area contributed by atoms with Gasteiger partial charge in [-0.15, -0.1) is 0 Å². The fourth-order valence-corrected chi connectivity index (χ4v) is 3.06. The molecule has 0 radical (unpaired) electrons. The van der Waals surface area contributed by atoms with Crippen LogP contribution in [-0.2, 0) is 6.42 Å². The quantitative estimate of drug-likeness (QED) is 0.759. The van der Waals surface area contributed by atoms with Crippen molar-refractivity contribution in [1.82, 2.24) is 20.0 Å². The van der Waals surface area contributed by atoms with Crippen LogP contribution in [0.3, 0.4) is 0 Å². The molecule has 0 saturated carbocycles. The highest BCUT2D eigenvalue weighted by atomic mass is 15.3. The minimum Gasteiger partial charge on any atom is -0.312 e. The second kappa shape index (κ2) is 7.95. The summed E-state index contributed by atoms with van der Waals surface area (Å²) in [6, 6.07) is 2.98. The van der Waals surface area contributed by atoms with Crippen LogP contribution in [0, 0.1) is 0 Å². The molecule has 122 valence electrons. The van der Waals surface area contributed by atoms with Crippen LogP contribution in [0.1, 0.15) is 60.2 Å². The summed E-state index contributed by atoms with van der Waals surface area (Å²) < 4.78 is 2.04. The number of aromatic nitrogens is 2. The molecule has 1 unspecified atom stereocenters. The smallest absolute Gasteiger partial charge is 0.0640 e. The Balaban J connectivity index is 2.89. The first kappa shape index (κ1) is 18.2. The molecule has 1 atom stereocenters. The Morgan fingerprint density at radius 1 is 1.24 bits per heavy atom. The predicted molar refractivity (Wildman–Crippen MR) is 90.8 cm³/mol. The van der Waals surface area contributed by atoms with Gasteiger partial charge in [-0.3, -0.25) is 9.58 Å². The van der Waals surface area contributed by atoms with Gasteiger partial charge in [-0.25, -0.2) is 0 Å². The van der Waals surface area contributed by atoms with Crippen molar-refractivity contribution < 1.29 is 0 Å². The van der Waals surface area contributed by atoms with E-state index in [1.165, 1.54) is 5.69 Å². The number of hydrogen-bond acceptors (Lipinski definition) is 3. The van der Waals surface area contributed by atoms with E-state index in [1.54, 1.807) is 0 Å². The van der Waals surface area contributed by atoms with Gasteiger partial charge in [0, 0.05) is 30.2 Å². The summed E-state index contributed by atoms with van der Waals surface area (Å²) in [5.74, 6) is 0. The largest absolute Gasteiger partial charge is 0.312 e. The molecule has 1 aromatic heterocycles. The maximum Gasteiger partial charge on any atom is 0.0640 e. The molecule has 1 aromatic rings. The lowest BCUT2D eigenvalue weighted by Gasteiger charge is -2.43. The average Bonchev–Trinajstić information content (AvgIpc) is 2.88. The van der Waals surface area contributed by atoms with E-state index in [2.05, 4.69) is 70.9 Å². The van der Waals surface area contributed by atoms with Gasteiger partial charge in [0.2, 0.25) is 0 Å². The number of likely N-dealkylation sites (N-methyl/N-ethyl adjacent to an activating group) is 2. The second-order valence-corrected chi connectivity index (χ2v) is 6.52. The van der Waals surface area contributed by atoms with E-state index < -0.39 is 0 Å². The lowest BCUT2D eigenvalue weighted by Crippen LogP contribution is -2.58. The Morgan fingerprint density at radius 3 is 2.29 bits per heavy atom. The SMILES string of the molecule is CCNC(Cc1ccn(C(C)C)n1)C(C)(C)N(CC)CC. The molecule has 1 N–H and O–H groups in total. The first-order chi connectivity index (χ1) is 9.86. The lowest BCUT2D eigenvalue weighted by molar-refractivity contribution is 0.0913. The van der Waals surface area contributed by atoms with Gasteiger partial charge in [-0.2, -0.15) is 5.10 Å². The molecule has 4 nitrogen and oxygen atoms in total. The van der Waals surface area contributed by atoms with E-state index >= 15 is 0 Å². The van der Waals surface area contributed by atoms with E-state index in [0.717, 1.165) is 26.1 Å². The lowest BCUT2D eigenvalue weighted by atomic mass is 9.88. The van der Waals surface area contributed by atoms with Crippen molar-refractivity contribution in [2.75, 3.05) is 19.6 Å². The van der Waals surface area contributed by atoms with Gasteiger partial charge in [0.1, 0.15) is 0 Å². The maximum absolute atomic E-state index is 4.71. The zero-order valence-corrected chi connectivity index (χ0v) is 15.0. The molecular weight excluding hydrogens is 260 g/mol. The van der Waals surface area contributed by atoms with Crippen LogP contribution >= 0.6 is 0 Å². The monoisotopic (exact) mass is 294 g/mol. The summed E-state index contributed by atoms with van der Waals surface area (Å²) in [4.78, 5) is 2.53. The Hall–Kier alpha value is -0.870. The molecule has 0 aromatic carbocycles. The van der Waals surface area contributed by atoms with Crippen LogP contribution in [0.2, 0.25) is 0 Å². The first-order valence-electron chi connectivity index (χ1n) is 8.39. The number of rotatable bonds is 9. The van der Waals surface area contributed by atoms with Crippen LogP contribution in [-0.4, -0.2) is 45.9 Å². The van der Waals surface area contributed by atoms with E-state index in [1.807, 2.05) is 4.68 Å². The normalized spacial score (nSPS) is 14.1. The fraction of sp³-hybridized carbons (Fsp3) is 0.824. The molecular formula is C17H34N4. The van der Waals surface area contributed by atoms with Crippen molar-refractivity contribution in [2.24, 2.45) is 0 Å². The molecule has 0 fully saturated rings.